The Kier molecular flexibility index (Phi) is 8.25. The number of ether oxygens (including phenoxy) is 2. The Morgan fingerprint density at radius 3 is 2.41 bits per heavy atom. The molecule has 37 heavy (non-hydrogen) atoms. The van der Waals surface area contributed by atoms with Crippen molar-refractivity contribution in [3.8, 4) is 21.9 Å². The number of carbonyl (C=O) groups is 1. The van der Waals surface area contributed by atoms with Crippen LogP contribution in [0.5, 0.6) is 11.5 Å². The lowest BCUT2D eigenvalue weighted by molar-refractivity contribution is 0.0951. The molecule has 0 bridgehead atoms. The number of methoxy groups -OCH3 is 2. The first-order chi connectivity index (χ1) is 17.8. The lowest BCUT2D eigenvalue weighted by Gasteiger charge is -2.16. The van der Waals surface area contributed by atoms with Gasteiger partial charge in [-0.1, -0.05) is 12.1 Å². The van der Waals surface area contributed by atoms with Gasteiger partial charge in [0.25, 0.3) is 5.91 Å². The van der Waals surface area contributed by atoms with Crippen molar-refractivity contribution in [3.05, 3.63) is 64.8 Å². The van der Waals surface area contributed by atoms with Crippen molar-refractivity contribution >= 4 is 34.0 Å². The standard InChI is InChI=1S/C28H33N5O3S/c1-17(30-27-21-15-23(35-5)24(36-6)16-22(21)31-18(2)32-27)25-11-12-26(37-25)19-7-9-20(10-8-19)28(34)29-13-14-33(3)4/h7-12,15-17H,13-14H2,1-6H3,(H,29,34)(H,30,31,32)/t17-/m0/s1. The number of hydrogen-bond acceptors (Lipinski definition) is 8. The number of likely N-dealkylation sites (N-methyl/N-ethyl adjacent to an activating group) is 1. The highest BCUT2D eigenvalue weighted by molar-refractivity contribution is 7.15. The number of carbonyl (C=O) groups excluding carboxylic acids is 1. The van der Waals surface area contributed by atoms with E-state index in [2.05, 4.69) is 39.7 Å². The highest BCUT2D eigenvalue weighted by Gasteiger charge is 2.16. The minimum Gasteiger partial charge on any atom is -0.493 e. The summed E-state index contributed by atoms with van der Waals surface area (Å²) in [6.07, 6.45) is 0. The summed E-state index contributed by atoms with van der Waals surface area (Å²) in [5, 5.41) is 7.37. The minimum absolute atomic E-state index is 0.0195. The molecule has 2 aromatic carbocycles. The molecule has 4 rings (SSSR count). The molecule has 1 atom stereocenters. The molecule has 4 aromatic rings. The maximum atomic E-state index is 12.4. The molecule has 2 heterocycles. The third-order valence-electron chi connectivity index (χ3n) is 6.00. The van der Waals surface area contributed by atoms with Crippen molar-refractivity contribution in [3.63, 3.8) is 0 Å². The molecule has 0 unspecified atom stereocenters. The van der Waals surface area contributed by atoms with Gasteiger partial charge >= 0.3 is 0 Å². The van der Waals surface area contributed by atoms with Crippen LogP contribution in [0.3, 0.4) is 0 Å². The molecule has 0 fully saturated rings. The van der Waals surface area contributed by atoms with Gasteiger partial charge in [-0.25, -0.2) is 9.97 Å². The molecular weight excluding hydrogens is 486 g/mol. The first-order valence-corrected chi connectivity index (χ1v) is 12.9. The molecule has 0 aliphatic heterocycles. The van der Waals surface area contributed by atoms with E-state index in [0.29, 0.717) is 29.4 Å². The third kappa shape index (κ3) is 6.18. The van der Waals surface area contributed by atoms with Crippen molar-refractivity contribution in [1.82, 2.24) is 20.2 Å². The maximum absolute atomic E-state index is 12.4. The van der Waals surface area contributed by atoms with Crippen molar-refractivity contribution in [2.24, 2.45) is 0 Å². The minimum atomic E-state index is -0.0558. The van der Waals surface area contributed by atoms with Gasteiger partial charge in [0.2, 0.25) is 0 Å². The number of benzene rings is 2. The number of fused-ring (bicyclic) bond motifs is 1. The van der Waals surface area contributed by atoms with Crippen LogP contribution in [-0.4, -0.2) is 62.2 Å². The third-order valence-corrected chi connectivity index (χ3v) is 7.31. The van der Waals surface area contributed by atoms with Gasteiger partial charge in [-0.15, -0.1) is 11.3 Å². The number of amides is 1. The lowest BCUT2D eigenvalue weighted by atomic mass is 10.1. The molecule has 2 aromatic heterocycles. The van der Waals surface area contributed by atoms with E-state index in [1.165, 1.54) is 4.88 Å². The fourth-order valence-electron chi connectivity index (χ4n) is 3.98. The number of hydrogen-bond donors (Lipinski definition) is 2. The molecule has 0 saturated heterocycles. The van der Waals surface area contributed by atoms with Gasteiger partial charge in [0, 0.05) is 39.9 Å². The van der Waals surface area contributed by atoms with E-state index >= 15 is 0 Å². The lowest BCUT2D eigenvalue weighted by Crippen LogP contribution is -2.31. The highest BCUT2D eigenvalue weighted by atomic mass is 32.1. The Bertz CT molecular complexity index is 1380. The average molecular weight is 520 g/mol. The summed E-state index contributed by atoms with van der Waals surface area (Å²) in [5.74, 6) is 2.63. The Hall–Kier alpha value is -3.69. The van der Waals surface area contributed by atoms with Crippen molar-refractivity contribution < 1.29 is 14.3 Å². The highest BCUT2D eigenvalue weighted by Crippen LogP contribution is 2.37. The summed E-state index contributed by atoms with van der Waals surface area (Å²) < 4.78 is 10.9. The van der Waals surface area contributed by atoms with Gasteiger partial charge in [0.05, 0.1) is 25.8 Å². The summed E-state index contributed by atoms with van der Waals surface area (Å²) in [7, 11) is 7.20. The first-order valence-electron chi connectivity index (χ1n) is 12.1. The van der Waals surface area contributed by atoms with Crippen molar-refractivity contribution in [2.45, 2.75) is 19.9 Å². The number of aryl methyl sites for hydroxylation is 1. The average Bonchev–Trinajstić information content (AvgIpc) is 3.38. The fraction of sp³-hybridized carbons (Fsp3) is 0.321. The Morgan fingerprint density at radius 1 is 1.03 bits per heavy atom. The smallest absolute Gasteiger partial charge is 0.251 e. The van der Waals surface area contributed by atoms with Crippen LogP contribution in [0.15, 0.2) is 48.5 Å². The SMILES string of the molecule is COc1cc2nc(C)nc(N[C@@H](C)c3ccc(-c4ccc(C(=O)NCCN(C)C)cc4)s3)c2cc1OC. The van der Waals surface area contributed by atoms with E-state index in [-0.39, 0.29) is 11.9 Å². The quantitative estimate of drug-likeness (QED) is 0.300. The first kappa shape index (κ1) is 26.4. The van der Waals surface area contributed by atoms with Crippen LogP contribution >= 0.6 is 11.3 Å². The Morgan fingerprint density at radius 2 is 1.73 bits per heavy atom. The van der Waals surface area contributed by atoms with Crippen LogP contribution in [0.2, 0.25) is 0 Å². The van der Waals surface area contributed by atoms with Gasteiger partial charge in [0.15, 0.2) is 11.5 Å². The summed E-state index contributed by atoms with van der Waals surface area (Å²) in [6.45, 7) is 5.41. The molecule has 0 saturated carbocycles. The molecule has 0 spiro atoms. The van der Waals surface area contributed by atoms with E-state index < -0.39 is 0 Å². The van der Waals surface area contributed by atoms with Gasteiger partial charge in [-0.05, 0) is 63.8 Å². The molecule has 194 valence electrons. The number of nitrogens with zero attached hydrogens (tertiary/aromatic N) is 3. The Labute approximate surface area is 221 Å². The monoisotopic (exact) mass is 519 g/mol. The van der Waals surface area contributed by atoms with E-state index in [4.69, 9.17) is 9.47 Å². The van der Waals surface area contributed by atoms with Crippen LogP contribution in [-0.2, 0) is 0 Å². The predicted octanol–water partition coefficient (Wildman–Crippen LogP) is 5.15. The van der Waals surface area contributed by atoms with Gasteiger partial charge in [-0.2, -0.15) is 0 Å². The van der Waals surface area contributed by atoms with Crippen LogP contribution in [0, 0.1) is 6.92 Å². The summed E-state index contributed by atoms with van der Waals surface area (Å²) in [6, 6.07) is 15.8. The summed E-state index contributed by atoms with van der Waals surface area (Å²) in [5.41, 5.74) is 2.53. The summed E-state index contributed by atoms with van der Waals surface area (Å²) >= 11 is 1.71. The van der Waals surface area contributed by atoms with E-state index in [1.54, 1.807) is 25.6 Å². The molecular formula is C28H33N5O3S. The number of anilines is 1. The van der Waals surface area contributed by atoms with E-state index in [1.807, 2.05) is 62.3 Å². The molecule has 0 radical (unpaired) electrons. The molecule has 1 amide bonds. The zero-order valence-electron chi connectivity index (χ0n) is 22.1. The second kappa shape index (κ2) is 11.6. The van der Waals surface area contributed by atoms with E-state index in [9.17, 15) is 4.79 Å². The number of rotatable bonds is 10. The molecule has 0 aliphatic carbocycles. The zero-order chi connectivity index (χ0) is 26.5. The van der Waals surface area contributed by atoms with Crippen LogP contribution in [0.4, 0.5) is 5.82 Å². The number of nitrogens with one attached hydrogen (secondary N) is 2. The van der Waals surface area contributed by atoms with Gasteiger partial charge in [0.1, 0.15) is 11.6 Å². The predicted molar refractivity (Wildman–Crippen MR) is 150 cm³/mol. The van der Waals surface area contributed by atoms with Crippen LogP contribution in [0.1, 0.15) is 34.0 Å². The maximum Gasteiger partial charge on any atom is 0.251 e. The van der Waals surface area contributed by atoms with E-state index in [0.717, 1.165) is 33.7 Å². The van der Waals surface area contributed by atoms with Crippen LogP contribution in [0.25, 0.3) is 21.3 Å². The fourth-order valence-corrected chi connectivity index (χ4v) is 5.00. The van der Waals surface area contributed by atoms with Crippen molar-refractivity contribution in [2.75, 3.05) is 46.7 Å². The zero-order valence-corrected chi connectivity index (χ0v) is 22.9. The number of thiophene rings is 1. The Balaban J connectivity index is 1.50. The van der Waals surface area contributed by atoms with Crippen LogP contribution < -0.4 is 20.1 Å². The normalized spacial score (nSPS) is 12.0. The summed E-state index contributed by atoms with van der Waals surface area (Å²) in [4.78, 5) is 26.0. The van der Waals surface area contributed by atoms with Gasteiger partial charge < -0.3 is 25.0 Å². The second-order valence-electron chi connectivity index (χ2n) is 9.05. The number of aromatic nitrogens is 2. The van der Waals surface area contributed by atoms with Crippen molar-refractivity contribution in [1.29, 1.82) is 0 Å². The molecule has 9 heteroatoms. The molecule has 0 aliphatic rings. The van der Waals surface area contributed by atoms with Gasteiger partial charge in [-0.3, -0.25) is 4.79 Å². The molecule has 2 N–H and O–H groups in total. The largest absolute Gasteiger partial charge is 0.493 e. The second-order valence-corrected chi connectivity index (χ2v) is 10.2. The molecule has 8 nitrogen and oxygen atoms in total. The topological polar surface area (TPSA) is 88.6 Å².